The summed E-state index contributed by atoms with van der Waals surface area (Å²) >= 11 is 0. The Bertz CT molecular complexity index is 1170. The lowest BCUT2D eigenvalue weighted by Gasteiger charge is -2.19. The van der Waals surface area contributed by atoms with Crippen LogP contribution >= 0.6 is 0 Å². The number of H-pyrrole nitrogens is 1. The third-order valence-electron chi connectivity index (χ3n) is 4.22. The highest BCUT2D eigenvalue weighted by atomic mass is 16.5. The Hall–Kier alpha value is -3.68. The number of nitrogen functional groups attached to an aromatic ring is 1. The van der Waals surface area contributed by atoms with Crippen molar-refractivity contribution < 1.29 is 4.74 Å². The van der Waals surface area contributed by atoms with Crippen molar-refractivity contribution in [1.82, 2.24) is 24.7 Å². The van der Waals surface area contributed by atoms with Gasteiger partial charge in [0.15, 0.2) is 11.6 Å². The number of nitrogens with one attached hydrogen (secondary N) is 1. The first-order valence-corrected chi connectivity index (χ1v) is 8.44. The largest absolute Gasteiger partial charge is 0.481 e. The normalized spacial score (nSPS) is 12.2. The van der Waals surface area contributed by atoms with E-state index >= 15 is 0 Å². The number of pyridine rings is 3. The molecule has 4 rings (SSSR count). The second-order valence-corrected chi connectivity index (χ2v) is 6.22. The summed E-state index contributed by atoms with van der Waals surface area (Å²) in [6, 6.07) is 8.63. The van der Waals surface area contributed by atoms with Gasteiger partial charge in [-0.15, -0.1) is 0 Å². The summed E-state index contributed by atoms with van der Waals surface area (Å²) in [6.07, 6.45) is 4.71. The molecule has 4 aromatic heterocycles. The van der Waals surface area contributed by atoms with Gasteiger partial charge in [-0.2, -0.15) is 5.10 Å². The Morgan fingerprint density at radius 3 is 2.93 bits per heavy atom. The molecule has 3 N–H and O–H groups in total. The van der Waals surface area contributed by atoms with Gasteiger partial charge in [0.1, 0.15) is 6.10 Å². The molecular formula is C19H18N6O2. The molecule has 0 aromatic carbocycles. The molecule has 4 heterocycles. The second kappa shape index (κ2) is 6.56. The summed E-state index contributed by atoms with van der Waals surface area (Å²) in [5, 5.41) is 5.05. The van der Waals surface area contributed by atoms with Gasteiger partial charge in [0, 0.05) is 35.7 Å². The molecule has 27 heavy (non-hydrogen) atoms. The first-order valence-electron chi connectivity index (χ1n) is 8.44. The summed E-state index contributed by atoms with van der Waals surface area (Å²) in [5.41, 5.74) is 8.79. The van der Waals surface area contributed by atoms with Crippen molar-refractivity contribution >= 4 is 16.7 Å². The van der Waals surface area contributed by atoms with E-state index in [0.717, 1.165) is 22.3 Å². The van der Waals surface area contributed by atoms with Gasteiger partial charge in [-0.05, 0) is 38.1 Å². The Morgan fingerprint density at radius 2 is 2.15 bits per heavy atom. The van der Waals surface area contributed by atoms with E-state index in [1.807, 2.05) is 19.9 Å². The summed E-state index contributed by atoms with van der Waals surface area (Å²) in [6.45, 7) is 3.72. The van der Waals surface area contributed by atoms with Crippen LogP contribution in [0.3, 0.4) is 0 Å². The topological polar surface area (TPSA) is 112 Å². The molecule has 0 aliphatic heterocycles. The minimum absolute atomic E-state index is 0.222. The molecule has 0 bridgehead atoms. The molecular weight excluding hydrogens is 344 g/mol. The fourth-order valence-electron chi connectivity index (χ4n) is 2.91. The SMILES string of the molecule is Cc1cc2nc(N)c(OC(C)c3[nH]c(=O)ccc3-n3cccn3)cc2cn1. The molecule has 1 atom stereocenters. The summed E-state index contributed by atoms with van der Waals surface area (Å²) < 4.78 is 7.70. The Morgan fingerprint density at radius 1 is 1.30 bits per heavy atom. The summed E-state index contributed by atoms with van der Waals surface area (Å²) in [7, 11) is 0. The molecule has 8 heteroatoms. The quantitative estimate of drug-likeness (QED) is 0.577. The number of aryl methyl sites for hydroxylation is 1. The number of rotatable bonds is 4. The fraction of sp³-hybridized carbons (Fsp3) is 0.158. The Balaban J connectivity index is 1.73. The summed E-state index contributed by atoms with van der Waals surface area (Å²) in [5.74, 6) is 0.704. The van der Waals surface area contributed by atoms with Crippen LogP contribution in [0.2, 0.25) is 0 Å². The zero-order chi connectivity index (χ0) is 19.0. The average Bonchev–Trinajstić information content (AvgIpc) is 3.17. The third-order valence-corrected chi connectivity index (χ3v) is 4.22. The van der Waals surface area contributed by atoms with Gasteiger partial charge in [-0.25, -0.2) is 9.67 Å². The number of anilines is 1. The van der Waals surface area contributed by atoms with Crippen LogP contribution in [-0.2, 0) is 0 Å². The minimum Gasteiger partial charge on any atom is -0.481 e. The van der Waals surface area contributed by atoms with Crippen molar-refractivity contribution in [3.05, 3.63) is 70.7 Å². The lowest BCUT2D eigenvalue weighted by atomic mass is 10.2. The fourth-order valence-corrected chi connectivity index (χ4v) is 2.91. The number of fused-ring (bicyclic) bond motifs is 1. The monoisotopic (exact) mass is 362 g/mol. The Labute approximate surface area is 154 Å². The highest BCUT2D eigenvalue weighted by Gasteiger charge is 2.17. The second-order valence-electron chi connectivity index (χ2n) is 6.22. The standard InChI is InChI=1S/C19H18N6O2/c1-11-8-14-13(10-21-11)9-16(19(20)23-14)27-12(2)18-15(4-5-17(26)24-18)25-7-3-6-22-25/h3-10,12H,1-2H3,(H2,20,23)(H,24,26). The van der Waals surface area contributed by atoms with Crippen LogP contribution in [0.1, 0.15) is 24.4 Å². The third kappa shape index (κ3) is 3.24. The first-order chi connectivity index (χ1) is 13.0. The van der Waals surface area contributed by atoms with Crippen LogP contribution in [0.15, 0.2) is 53.7 Å². The molecule has 4 aromatic rings. The Kier molecular flexibility index (Phi) is 4.08. The molecule has 0 radical (unpaired) electrons. The van der Waals surface area contributed by atoms with Gasteiger partial charge in [0.2, 0.25) is 5.56 Å². The van der Waals surface area contributed by atoms with E-state index in [0.29, 0.717) is 11.4 Å². The van der Waals surface area contributed by atoms with Gasteiger partial charge in [-0.3, -0.25) is 9.78 Å². The van der Waals surface area contributed by atoms with Crippen LogP contribution in [0, 0.1) is 6.92 Å². The van der Waals surface area contributed by atoms with Crippen molar-refractivity contribution in [2.24, 2.45) is 0 Å². The van der Waals surface area contributed by atoms with Crippen LogP contribution in [0.5, 0.6) is 5.75 Å². The van der Waals surface area contributed by atoms with E-state index in [-0.39, 0.29) is 11.4 Å². The molecule has 136 valence electrons. The highest BCUT2D eigenvalue weighted by molar-refractivity contribution is 5.82. The molecule has 0 saturated heterocycles. The molecule has 0 saturated carbocycles. The smallest absolute Gasteiger partial charge is 0.248 e. The van der Waals surface area contributed by atoms with E-state index in [1.165, 1.54) is 6.07 Å². The number of hydrogen-bond acceptors (Lipinski definition) is 6. The zero-order valence-electron chi connectivity index (χ0n) is 14.9. The number of nitrogens with zero attached hydrogens (tertiary/aromatic N) is 4. The van der Waals surface area contributed by atoms with Crippen LogP contribution in [0.25, 0.3) is 16.6 Å². The number of ether oxygens (including phenoxy) is 1. The van der Waals surface area contributed by atoms with E-state index in [4.69, 9.17) is 10.5 Å². The van der Waals surface area contributed by atoms with Gasteiger partial charge in [0.25, 0.3) is 0 Å². The van der Waals surface area contributed by atoms with Crippen molar-refractivity contribution in [1.29, 1.82) is 0 Å². The molecule has 8 nitrogen and oxygen atoms in total. The zero-order valence-corrected chi connectivity index (χ0v) is 14.9. The maximum absolute atomic E-state index is 11.9. The van der Waals surface area contributed by atoms with Crippen molar-refractivity contribution in [2.75, 3.05) is 5.73 Å². The molecule has 1 unspecified atom stereocenters. The number of aromatic amines is 1. The molecule has 0 amide bonds. The summed E-state index contributed by atoms with van der Waals surface area (Å²) in [4.78, 5) is 23.4. The van der Waals surface area contributed by atoms with Gasteiger partial charge in [0.05, 0.1) is 16.9 Å². The molecule has 0 aliphatic carbocycles. The van der Waals surface area contributed by atoms with E-state index in [9.17, 15) is 4.79 Å². The first kappa shape index (κ1) is 16.8. The van der Waals surface area contributed by atoms with Crippen molar-refractivity contribution in [3.63, 3.8) is 0 Å². The lowest BCUT2D eigenvalue weighted by Crippen LogP contribution is -2.17. The van der Waals surface area contributed by atoms with E-state index in [2.05, 4.69) is 20.1 Å². The lowest BCUT2D eigenvalue weighted by molar-refractivity contribution is 0.222. The predicted octanol–water partition coefficient (Wildman–Crippen LogP) is 2.53. The van der Waals surface area contributed by atoms with Crippen LogP contribution < -0.4 is 16.0 Å². The molecule has 0 fully saturated rings. The van der Waals surface area contributed by atoms with Crippen LogP contribution in [0.4, 0.5) is 5.82 Å². The van der Waals surface area contributed by atoms with E-state index < -0.39 is 6.10 Å². The maximum atomic E-state index is 11.9. The van der Waals surface area contributed by atoms with Crippen molar-refractivity contribution in [2.45, 2.75) is 20.0 Å². The highest BCUT2D eigenvalue weighted by Crippen LogP contribution is 2.30. The average molecular weight is 362 g/mol. The van der Waals surface area contributed by atoms with Crippen molar-refractivity contribution in [3.8, 4) is 11.4 Å². The number of hydrogen-bond donors (Lipinski definition) is 2. The maximum Gasteiger partial charge on any atom is 0.248 e. The molecule has 0 spiro atoms. The molecule has 0 aliphatic rings. The van der Waals surface area contributed by atoms with Gasteiger partial charge >= 0.3 is 0 Å². The van der Waals surface area contributed by atoms with Crippen LogP contribution in [-0.4, -0.2) is 24.7 Å². The van der Waals surface area contributed by atoms with E-state index in [1.54, 1.807) is 41.5 Å². The predicted molar refractivity (Wildman–Crippen MR) is 102 cm³/mol. The minimum atomic E-state index is -0.488. The number of nitrogens with two attached hydrogens (primary N) is 1. The number of aromatic nitrogens is 5. The van der Waals surface area contributed by atoms with Gasteiger partial charge in [-0.1, -0.05) is 0 Å². The van der Waals surface area contributed by atoms with Gasteiger partial charge < -0.3 is 15.5 Å².